The summed E-state index contributed by atoms with van der Waals surface area (Å²) in [6.07, 6.45) is 5.19. The van der Waals surface area contributed by atoms with Gasteiger partial charge < -0.3 is 19.3 Å². The number of para-hydroxylation sites is 2. The zero-order valence-corrected chi connectivity index (χ0v) is 25.8. The van der Waals surface area contributed by atoms with Crippen molar-refractivity contribution in [3.63, 3.8) is 0 Å². The first-order chi connectivity index (χ1) is 20.0. The zero-order valence-electron chi connectivity index (χ0n) is 25.8. The summed E-state index contributed by atoms with van der Waals surface area (Å²) in [5.41, 5.74) is 0.953. The summed E-state index contributed by atoms with van der Waals surface area (Å²) < 4.78 is 17.2. The molecule has 6 nitrogen and oxygen atoms in total. The molecule has 0 radical (unpaired) electrons. The second kappa shape index (κ2) is 15.4. The van der Waals surface area contributed by atoms with Gasteiger partial charge in [0.1, 0.15) is 23.0 Å². The van der Waals surface area contributed by atoms with Gasteiger partial charge in [-0.3, -0.25) is 9.59 Å². The molecule has 0 unspecified atom stereocenters. The van der Waals surface area contributed by atoms with E-state index in [9.17, 15) is 14.7 Å². The molecule has 0 saturated carbocycles. The maximum Gasteiger partial charge on any atom is 0.311 e. The van der Waals surface area contributed by atoms with Crippen LogP contribution in [0.4, 0.5) is 0 Å². The Hall–Kier alpha value is -3.80. The molecule has 0 fully saturated rings. The van der Waals surface area contributed by atoms with Crippen molar-refractivity contribution in [3.05, 3.63) is 83.9 Å². The molecule has 0 aliphatic carbocycles. The van der Waals surface area contributed by atoms with Gasteiger partial charge in [-0.1, -0.05) is 77.4 Å². The lowest BCUT2D eigenvalue weighted by Gasteiger charge is -2.32. The van der Waals surface area contributed by atoms with Crippen LogP contribution >= 0.6 is 0 Å². The van der Waals surface area contributed by atoms with Gasteiger partial charge >= 0.3 is 11.9 Å². The van der Waals surface area contributed by atoms with Crippen molar-refractivity contribution in [2.45, 2.75) is 96.8 Å². The maximum absolute atomic E-state index is 12.4. The number of hydrogen-bond acceptors (Lipinski definition) is 6. The average molecular weight is 575 g/mol. The molecule has 226 valence electrons. The van der Waals surface area contributed by atoms with Gasteiger partial charge in [0, 0.05) is 24.0 Å². The number of rotatable bonds is 16. The van der Waals surface area contributed by atoms with Crippen molar-refractivity contribution in [1.29, 1.82) is 0 Å². The summed E-state index contributed by atoms with van der Waals surface area (Å²) in [5, 5.41) is 11.2. The normalized spacial score (nSPS) is 11.6. The first-order valence-electron chi connectivity index (χ1n) is 15.0. The number of aromatic hydroxyl groups is 1. The number of phenols is 1. The van der Waals surface area contributed by atoms with Crippen LogP contribution in [0.5, 0.6) is 23.0 Å². The molecule has 0 spiro atoms. The number of carbonyl (C=O) groups is 2. The number of hydrogen-bond donors (Lipinski definition) is 1. The molecular weight excluding hydrogens is 528 g/mol. The summed E-state index contributed by atoms with van der Waals surface area (Å²) in [6.45, 7) is 11.1. The van der Waals surface area contributed by atoms with Crippen molar-refractivity contribution in [1.82, 2.24) is 0 Å². The Morgan fingerprint density at radius 3 is 1.64 bits per heavy atom. The highest BCUT2D eigenvalue weighted by molar-refractivity contribution is 5.72. The van der Waals surface area contributed by atoms with Crippen LogP contribution < -0.4 is 14.2 Å². The lowest BCUT2D eigenvalue weighted by Crippen LogP contribution is -2.22. The second-order valence-electron chi connectivity index (χ2n) is 12.1. The van der Waals surface area contributed by atoms with Crippen molar-refractivity contribution in [2.24, 2.45) is 0 Å². The molecule has 3 aromatic carbocycles. The standard InChI is InChI=1S/C36H46O6/c1-6-7-24-40-32-26-29(35(2,3)22-14-20-33(38)41-27-16-10-8-11-17-27)31(37)25-30(32)36(4,5)23-15-21-34(39)42-28-18-12-9-13-19-28/h8-13,16-19,25-26,37H,6-7,14-15,20-24H2,1-5H3. The van der Waals surface area contributed by atoms with Crippen LogP contribution in [0.1, 0.15) is 97.1 Å². The SMILES string of the molecule is CCCCOc1cc(C(C)(C)CCCC(=O)Oc2ccccc2)c(O)cc1C(C)(C)CCCC(=O)Oc1ccccc1. The summed E-state index contributed by atoms with van der Waals surface area (Å²) in [6, 6.07) is 21.9. The Kier molecular flexibility index (Phi) is 12.0. The van der Waals surface area contributed by atoms with E-state index >= 15 is 0 Å². The number of unbranched alkanes of at least 4 members (excludes halogenated alkanes) is 1. The van der Waals surface area contributed by atoms with Crippen molar-refractivity contribution in [3.8, 4) is 23.0 Å². The molecular formula is C36H46O6. The molecule has 3 rings (SSSR count). The Morgan fingerprint density at radius 2 is 1.17 bits per heavy atom. The minimum Gasteiger partial charge on any atom is -0.508 e. The summed E-state index contributed by atoms with van der Waals surface area (Å²) in [4.78, 5) is 24.7. The van der Waals surface area contributed by atoms with Gasteiger partial charge in [0.25, 0.3) is 0 Å². The number of benzene rings is 3. The van der Waals surface area contributed by atoms with Crippen LogP contribution in [0, 0.1) is 0 Å². The van der Waals surface area contributed by atoms with Crippen LogP contribution in [0.3, 0.4) is 0 Å². The van der Waals surface area contributed by atoms with E-state index in [1.54, 1.807) is 24.3 Å². The minimum atomic E-state index is -0.399. The molecule has 0 bridgehead atoms. The van der Waals surface area contributed by atoms with E-state index in [0.29, 0.717) is 50.2 Å². The fourth-order valence-corrected chi connectivity index (χ4v) is 5.05. The Balaban J connectivity index is 1.68. The Labute approximate surface area is 251 Å². The number of carbonyl (C=O) groups excluding carboxylic acids is 2. The first kappa shape index (κ1) is 32.7. The second-order valence-corrected chi connectivity index (χ2v) is 12.1. The van der Waals surface area contributed by atoms with Gasteiger partial charge in [-0.2, -0.15) is 0 Å². The Morgan fingerprint density at radius 1 is 0.690 bits per heavy atom. The van der Waals surface area contributed by atoms with Crippen LogP contribution in [0.2, 0.25) is 0 Å². The van der Waals surface area contributed by atoms with Crippen LogP contribution in [-0.4, -0.2) is 23.7 Å². The lowest BCUT2D eigenvalue weighted by atomic mass is 9.75. The third kappa shape index (κ3) is 9.93. The van der Waals surface area contributed by atoms with Crippen LogP contribution in [0.25, 0.3) is 0 Å². The van der Waals surface area contributed by atoms with Crippen LogP contribution in [-0.2, 0) is 20.4 Å². The quantitative estimate of drug-likeness (QED) is 0.105. The maximum atomic E-state index is 12.4. The minimum absolute atomic E-state index is 0.210. The number of phenolic OH excluding ortho intramolecular Hbond substituents is 1. The largest absolute Gasteiger partial charge is 0.508 e. The van der Waals surface area contributed by atoms with Crippen molar-refractivity contribution < 1.29 is 28.9 Å². The monoisotopic (exact) mass is 574 g/mol. The summed E-state index contributed by atoms with van der Waals surface area (Å²) in [7, 11) is 0. The molecule has 1 N–H and O–H groups in total. The Bertz CT molecular complexity index is 1280. The van der Waals surface area contributed by atoms with E-state index in [0.717, 1.165) is 29.7 Å². The average Bonchev–Trinajstić information content (AvgIpc) is 2.94. The van der Waals surface area contributed by atoms with Crippen molar-refractivity contribution in [2.75, 3.05) is 6.61 Å². The van der Waals surface area contributed by atoms with Gasteiger partial charge in [0.15, 0.2) is 0 Å². The fraction of sp³-hybridized carbons (Fsp3) is 0.444. The van der Waals surface area contributed by atoms with E-state index in [-0.39, 0.29) is 29.5 Å². The smallest absolute Gasteiger partial charge is 0.311 e. The van der Waals surface area contributed by atoms with Gasteiger partial charge in [0.2, 0.25) is 0 Å². The summed E-state index contributed by atoms with van der Waals surface area (Å²) in [5.74, 6) is 1.52. The van der Waals surface area contributed by atoms with E-state index in [1.165, 1.54) is 0 Å². The molecule has 0 saturated heterocycles. The topological polar surface area (TPSA) is 82.1 Å². The third-order valence-corrected chi connectivity index (χ3v) is 7.63. The van der Waals surface area contributed by atoms with Gasteiger partial charge in [-0.15, -0.1) is 0 Å². The van der Waals surface area contributed by atoms with Gasteiger partial charge in [-0.05, 0) is 79.3 Å². The van der Waals surface area contributed by atoms with E-state index in [1.807, 2.05) is 48.5 Å². The summed E-state index contributed by atoms with van der Waals surface area (Å²) >= 11 is 0. The zero-order chi connectivity index (χ0) is 30.6. The molecule has 0 heterocycles. The van der Waals surface area contributed by atoms with E-state index in [2.05, 4.69) is 34.6 Å². The molecule has 6 heteroatoms. The first-order valence-corrected chi connectivity index (χ1v) is 15.0. The van der Waals surface area contributed by atoms with Gasteiger partial charge in [0.05, 0.1) is 6.61 Å². The van der Waals surface area contributed by atoms with Crippen LogP contribution in [0.15, 0.2) is 72.8 Å². The predicted molar refractivity (Wildman–Crippen MR) is 166 cm³/mol. The number of ether oxygens (including phenoxy) is 3. The molecule has 0 aliphatic rings. The highest BCUT2D eigenvalue weighted by Gasteiger charge is 2.31. The molecule has 0 aromatic heterocycles. The molecule has 42 heavy (non-hydrogen) atoms. The van der Waals surface area contributed by atoms with E-state index in [4.69, 9.17) is 14.2 Å². The van der Waals surface area contributed by atoms with E-state index < -0.39 is 5.41 Å². The lowest BCUT2D eigenvalue weighted by molar-refractivity contribution is -0.135. The third-order valence-electron chi connectivity index (χ3n) is 7.63. The van der Waals surface area contributed by atoms with Crippen molar-refractivity contribution >= 4 is 11.9 Å². The number of esters is 2. The van der Waals surface area contributed by atoms with Gasteiger partial charge in [-0.25, -0.2) is 0 Å². The highest BCUT2D eigenvalue weighted by Crippen LogP contribution is 2.44. The molecule has 0 amide bonds. The fourth-order valence-electron chi connectivity index (χ4n) is 5.05. The molecule has 0 aliphatic heterocycles. The highest BCUT2D eigenvalue weighted by atomic mass is 16.5. The molecule has 0 atom stereocenters. The molecule has 3 aromatic rings. The predicted octanol–water partition coefficient (Wildman–Crippen LogP) is 8.68.